The van der Waals surface area contributed by atoms with Crippen molar-refractivity contribution in [2.24, 2.45) is 0 Å². The van der Waals surface area contributed by atoms with Crippen LogP contribution >= 0.6 is 0 Å². The van der Waals surface area contributed by atoms with Crippen molar-refractivity contribution in [3.63, 3.8) is 0 Å². The van der Waals surface area contributed by atoms with Gasteiger partial charge in [-0.3, -0.25) is 0 Å². The van der Waals surface area contributed by atoms with Crippen LogP contribution in [0.15, 0.2) is 144 Å². The van der Waals surface area contributed by atoms with E-state index in [-0.39, 0.29) is 28.5 Å². The van der Waals surface area contributed by atoms with Gasteiger partial charge in [-0.1, -0.05) is 160 Å². The summed E-state index contributed by atoms with van der Waals surface area (Å²) in [6.45, 7) is 23.6. The van der Waals surface area contributed by atoms with Gasteiger partial charge in [0.25, 0.3) is 0 Å². The van der Waals surface area contributed by atoms with Crippen LogP contribution in [0.4, 0.5) is 11.4 Å². The highest BCUT2D eigenvalue weighted by molar-refractivity contribution is 6.94. The lowest BCUT2D eigenvalue weighted by atomic mass is 9.43. The lowest BCUT2D eigenvalue weighted by Crippen LogP contribution is -2.61. The zero-order valence-electron chi connectivity index (χ0n) is 39.7. The molecule has 8 aromatic carbocycles. The highest BCUT2D eigenvalue weighted by Gasteiger charge is 2.51. The first-order valence-corrected chi connectivity index (χ1v) is 24.0. The van der Waals surface area contributed by atoms with Gasteiger partial charge in [0.1, 0.15) is 11.2 Å². The van der Waals surface area contributed by atoms with Gasteiger partial charge < -0.3 is 13.8 Å². The molecule has 66 heavy (non-hydrogen) atoms. The molecule has 3 nitrogen and oxygen atoms in total. The minimum atomic E-state index is -0.265. The summed E-state index contributed by atoms with van der Waals surface area (Å²) in [5.74, 6) is 0. The van der Waals surface area contributed by atoms with E-state index in [1.807, 2.05) is 0 Å². The van der Waals surface area contributed by atoms with Gasteiger partial charge in [-0.2, -0.15) is 0 Å². The van der Waals surface area contributed by atoms with E-state index in [2.05, 4.69) is 218 Å². The van der Waals surface area contributed by atoms with Crippen molar-refractivity contribution in [1.82, 2.24) is 4.57 Å². The summed E-state index contributed by atoms with van der Waals surface area (Å²) < 4.78 is 9.54. The van der Waals surface area contributed by atoms with Crippen LogP contribution in [0.25, 0.3) is 82.8 Å². The molecule has 14 rings (SSSR count). The predicted octanol–water partition coefficient (Wildman–Crippen LogP) is 15.1. The number of nitrogens with zero attached hydrogens (tertiary/aromatic N) is 2. The van der Waals surface area contributed by atoms with Crippen LogP contribution in [-0.2, 0) is 21.7 Å². The minimum Gasteiger partial charge on any atom is -0.456 e. The third-order valence-electron chi connectivity index (χ3n) is 16.4. The van der Waals surface area contributed by atoms with Gasteiger partial charge in [-0.15, -0.1) is 0 Å². The van der Waals surface area contributed by atoms with Crippen molar-refractivity contribution in [3.05, 3.63) is 173 Å². The number of aromatic nitrogens is 1. The van der Waals surface area contributed by atoms with Crippen LogP contribution in [0.1, 0.15) is 103 Å². The molecule has 10 aromatic rings. The Balaban J connectivity index is 1.24. The molecule has 0 atom stereocenters. The molecule has 0 saturated heterocycles. The maximum Gasteiger partial charge on any atom is 0.333 e. The van der Waals surface area contributed by atoms with Gasteiger partial charge in [0.15, 0.2) is 0 Å². The first kappa shape index (κ1) is 38.5. The fourth-order valence-corrected chi connectivity index (χ4v) is 13.1. The predicted molar refractivity (Wildman–Crippen MR) is 280 cm³/mol. The molecule has 2 aliphatic heterocycles. The quantitative estimate of drug-likeness (QED) is 0.153. The Kier molecular flexibility index (Phi) is 7.09. The van der Waals surface area contributed by atoms with E-state index < -0.39 is 0 Å². The normalized spacial score (nSPS) is 15.9. The van der Waals surface area contributed by atoms with Crippen molar-refractivity contribution >= 4 is 72.9 Å². The second-order valence-electron chi connectivity index (χ2n) is 22.9. The van der Waals surface area contributed by atoms with Crippen molar-refractivity contribution in [2.75, 3.05) is 4.81 Å². The third kappa shape index (κ3) is 4.65. The smallest absolute Gasteiger partial charge is 0.333 e. The van der Waals surface area contributed by atoms with Crippen molar-refractivity contribution in [3.8, 4) is 39.1 Å². The lowest BCUT2D eigenvalue weighted by Gasteiger charge is -2.43. The Labute approximate surface area is 387 Å². The Hall–Kier alpha value is -6.78. The largest absolute Gasteiger partial charge is 0.456 e. The van der Waals surface area contributed by atoms with Crippen LogP contribution in [0.2, 0.25) is 0 Å². The molecule has 0 unspecified atom stereocenters. The Morgan fingerprint density at radius 1 is 0.500 bits per heavy atom. The van der Waals surface area contributed by atoms with E-state index in [1.165, 1.54) is 117 Å². The van der Waals surface area contributed by atoms with Crippen molar-refractivity contribution in [2.45, 2.75) is 90.9 Å². The molecule has 0 amide bonds. The highest BCUT2D eigenvalue weighted by atomic mass is 16.3. The number of furan rings is 1. The SMILES string of the molecule is CC(C)(C)c1ccc(N2B3c4cc5c(cc4-n4c6ccc(C(C)(C)C)cc6c6c7c(c(c3c64)-c3cc4oc6ccccc6c4cc32)-c2ccccc2C7(C)C)C(C)(C)c2ccccc2-5)cc1. The molecule has 4 heterocycles. The zero-order chi connectivity index (χ0) is 45.1. The topological polar surface area (TPSA) is 21.3 Å². The summed E-state index contributed by atoms with van der Waals surface area (Å²) in [5.41, 5.74) is 26.7. The summed E-state index contributed by atoms with van der Waals surface area (Å²) in [6, 6.07) is 53.9. The molecule has 0 bridgehead atoms. The van der Waals surface area contributed by atoms with Crippen molar-refractivity contribution in [1.29, 1.82) is 0 Å². The number of para-hydroxylation sites is 1. The average Bonchev–Trinajstić information content (AvgIpc) is 3.97. The fraction of sp³-hybridized carbons (Fsp3) is 0.226. The summed E-state index contributed by atoms with van der Waals surface area (Å²) in [4.78, 5) is 2.71. The number of hydrogen-bond donors (Lipinski definition) is 0. The summed E-state index contributed by atoms with van der Waals surface area (Å²) in [6.07, 6.45) is 0. The summed E-state index contributed by atoms with van der Waals surface area (Å²) in [7, 11) is 0. The number of fused-ring (bicyclic) bond motifs is 19. The van der Waals surface area contributed by atoms with E-state index in [4.69, 9.17) is 4.42 Å². The molecular weight excluding hydrogens is 800 g/mol. The number of hydrogen-bond acceptors (Lipinski definition) is 2. The monoisotopic (exact) mass is 852 g/mol. The van der Waals surface area contributed by atoms with Gasteiger partial charge in [0.2, 0.25) is 0 Å². The van der Waals surface area contributed by atoms with Crippen LogP contribution in [0, 0.1) is 0 Å². The maximum absolute atomic E-state index is 6.84. The standard InChI is InChI=1S/C62H53BN2O/c1-59(2,3)34-23-26-36(27-24-34)65-49-31-41-38-18-13-16-22-51(38)66-52(41)32-43(49)54-53-39-19-12-15-21-45(39)62(9,10)56(53)55-42-29-35(60(4,5)6)25-28-48(42)64-50-33-46-40(30-47(50)63(65)57(54)58(55)64)37-17-11-14-20-44(37)61(46,7)8/h11-33H,1-10H3. The summed E-state index contributed by atoms with van der Waals surface area (Å²) >= 11 is 0. The molecule has 4 aliphatic rings. The van der Waals surface area contributed by atoms with E-state index in [1.54, 1.807) is 0 Å². The molecule has 2 aliphatic carbocycles. The molecule has 0 N–H and O–H groups in total. The van der Waals surface area contributed by atoms with Gasteiger partial charge in [0, 0.05) is 55.0 Å². The maximum atomic E-state index is 6.84. The highest BCUT2D eigenvalue weighted by Crippen LogP contribution is 2.60. The van der Waals surface area contributed by atoms with Gasteiger partial charge in [-0.25, -0.2) is 0 Å². The van der Waals surface area contributed by atoms with Crippen LogP contribution < -0.4 is 15.7 Å². The van der Waals surface area contributed by atoms with E-state index in [9.17, 15) is 0 Å². The second-order valence-corrected chi connectivity index (χ2v) is 22.9. The Bertz CT molecular complexity index is 3840. The van der Waals surface area contributed by atoms with Gasteiger partial charge in [-0.05, 0) is 131 Å². The third-order valence-corrected chi connectivity index (χ3v) is 16.4. The first-order valence-electron chi connectivity index (χ1n) is 24.0. The van der Waals surface area contributed by atoms with Gasteiger partial charge in [0.05, 0.1) is 11.0 Å². The van der Waals surface area contributed by atoms with Gasteiger partial charge >= 0.3 is 6.85 Å². The zero-order valence-corrected chi connectivity index (χ0v) is 39.7. The number of anilines is 2. The van der Waals surface area contributed by atoms with Crippen LogP contribution in [-0.4, -0.2) is 11.4 Å². The number of benzene rings is 8. The van der Waals surface area contributed by atoms with Crippen molar-refractivity contribution < 1.29 is 4.42 Å². The Morgan fingerprint density at radius 2 is 1.17 bits per heavy atom. The Morgan fingerprint density at radius 3 is 1.91 bits per heavy atom. The molecule has 320 valence electrons. The van der Waals surface area contributed by atoms with Crippen LogP contribution in [0.5, 0.6) is 0 Å². The van der Waals surface area contributed by atoms with E-state index in [0.29, 0.717) is 0 Å². The van der Waals surface area contributed by atoms with E-state index in [0.717, 1.165) is 21.9 Å². The fourth-order valence-electron chi connectivity index (χ4n) is 13.1. The molecule has 0 radical (unpaired) electrons. The first-order chi connectivity index (χ1) is 31.5. The molecule has 4 heteroatoms. The minimum absolute atomic E-state index is 0.0186. The molecule has 0 saturated carbocycles. The summed E-state index contributed by atoms with van der Waals surface area (Å²) in [5, 5.41) is 5.02. The molecular formula is C62H53BN2O. The van der Waals surface area contributed by atoms with Crippen LogP contribution in [0.3, 0.4) is 0 Å². The average molecular weight is 853 g/mol. The van der Waals surface area contributed by atoms with E-state index >= 15 is 0 Å². The lowest BCUT2D eigenvalue weighted by molar-refractivity contribution is 0.590. The second kappa shape index (κ2) is 12.2. The molecule has 0 spiro atoms. The number of rotatable bonds is 1. The molecule has 2 aromatic heterocycles. The molecule has 0 fully saturated rings.